The van der Waals surface area contributed by atoms with Crippen LogP contribution in [-0.2, 0) is 27.5 Å². The summed E-state index contributed by atoms with van der Waals surface area (Å²) < 4.78 is 19.0. The van der Waals surface area contributed by atoms with Crippen molar-refractivity contribution in [2.24, 2.45) is 4.99 Å². The lowest BCUT2D eigenvalue weighted by Gasteiger charge is -2.17. The number of amides is 3. The molecular formula is C32H28FN5O4S. The zero-order chi connectivity index (χ0) is 30.2. The van der Waals surface area contributed by atoms with Crippen LogP contribution < -0.4 is 10.6 Å². The Kier molecular flexibility index (Phi) is 9.42. The van der Waals surface area contributed by atoms with Crippen LogP contribution in [0.1, 0.15) is 28.9 Å². The minimum atomic E-state index is -0.849. The molecule has 3 amide bonds. The van der Waals surface area contributed by atoms with Crippen LogP contribution in [0, 0.1) is 5.82 Å². The lowest BCUT2D eigenvalue weighted by Crippen LogP contribution is -2.41. The van der Waals surface area contributed by atoms with Crippen molar-refractivity contribution >= 4 is 46.2 Å². The first kappa shape index (κ1) is 29.5. The quantitative estimate of drug-likeness (QED) is 0.246. The summed E-state index contributed by atoms with van der Waals surface area (Å²) in [5.74, 6) is -1.01. The normalized spacial score (nSPS) is 16.1. The minimum absolute atomic E-state index is 0.0920. The summed E-state index contributed by atoms with van der Waals surface area (Å²) in [6, 6.07) is 24.9. The van der Waals surface area contributed by atoms with Crippen molar-refractivity contribution in [3.63, 3.8) is 0 Å². The molecule has 4 aromatic rings. The molecule has 0 radical (unpaired) electrons. The van der Waals surface area contributed by atoms with Gasteiger partial charge in [-0.1, -0.05) is 66.4 Å². The standard InChI is InChI=1S/C32H28FN5O4S/c1-21(35-32(41)42-20-22-7-3-2-4-8-22)29(39)36-26-14-12-24(13-15-26)28-30(40)38(19-23-9-5-10-25(33)17-23)31(43-28)37-27-11-6-16-34-18-27/h2-18,21,28H,19-20H2,1H3,(H,35,41)(H,36,39)/t21-,28?/m1/s1. The second kappa shape index (κ2) is 13.8. The van der Waals surface area contributed by atoms with E-state index in [9.17, 15) is 18.8 Å². The molecule has 11 heteroatoms. The second-order valence-electron chi connectivity index (χ2n) is 9.70. The molecule has 1 unspecified atom stereocenters. The number of carbonyl (C=O) groups excluding carboxylic acids is 3. The molecule has 3 aromatic carbocycles. The van der Waals surface area contributed by atoms with Crippen molar-refractivity contribution in [3.05, 3.63) is 126 Å². The Labute approximate surface area is 252 Å². The first-order valence-electron chi connectivity index (χ1n) is 13.4. The van der Waals surface area contributed by atoms with Crippen molar-refractivity contribution in [3.8, 4) is 0 Å². The number of amidine groups is 1. The number of pyridine rings is 1. The van der Waals surface area contributed by atoms with Crippen LogP contribution in [0.25, 0.3) is 0 Å². The van der Waals surface area contributed by atoms with E-state index in [2.05, 4.69) is 20.6 Å². The monoisotopic (exact) mass is 597 g/mol. The third-order valence-corrected chi connectivity index (χ3v) is 7.70. The Morgan fingerprint density at radius 2 is 1.79 bits per heavy atom. The molecular weight excluding hydrogens is 569 g/mol. The Balaban J connectivity index is 1.23. The summed E-state index contributed by atoms with van der Waals surface area (Å²) in [7, 11) is 0. The Morgan fingerprint density at radius 1 is 1.02 bits per heavy atom. The highest BCUT2D eigenvalue weighted by Crippen LogP contribution is 2.41. The third kappa shape index (κ3) is 7.83. The molecule has 218 valence electrons. The van der Waals surface area contributed by atoms with Crippen LogP contribution in [0.15, 0.2) is 108 Å². The predicted molar refractivity (Wildman–Crippen MR) is 163 cm³/mol. The van der Waals surface area contributed by atoms with Crippen LogP contribution >= 0.6 is 11.8 Å². The summed E-state index contributed by atoms with van der Waals surface area (Å²) in [6.45, 7) is 1.80. The first-order chi connectivity index (χ1) is 20.9. The number of benzene rings is 3. The summed E-state index contributed by atoms with van der Waals surface area (Å²) in [5.41, 5.74) is 3.27. The molecule has 1 fully saturated rings. The van der Waals surface area contributed by atoms with Gasteiger partial charge in [0.25, 0.3) is 0 Å². The maximum absolute atomic E-state index is 13.9. The molecule has 0 spiro atoms. The van der Waals surface area contributed by atoms with E-state index >= 15 is 0 Å². The lowest BCUT2D eigenvalue weighted by molar-refractivity contribution is -0.126. The SMILES string of the molecule is C[C@@H](NC(=O)OCc1ccccc1)C(=O)Nc1ccc(C2SC(=Nc3cccnc3)N(Cc3cccc(F)c3)C2=O)cc1. The predicted octanol–water partition coefficient (Wildman–Crippen LogP) is 5.98. The number of rotatable bonds is 9. The number of aliphatic imine (C=N–C) groups is 1. The molecule has 43 heavy (non-hydrogen) atoms. The molecule has 0 saturated carbocycles. The summed E-state index contributed by atoms with van der Waals surface area (Å²) in [5, 5.41) is 5.16. The molecule has 2 N–H and O–H groups in total. The number of hydrogen-bond acceptors (Lipinski definition) is 7. The van der Waals surface area contributed by atoms with Gasteiger partial charge in [-0.15, -0.1) is 0 Å². The van der Waals surface area contributed by atoms with E-state index in [0.717, 1.165) is 5.56 Å². The summed E-state index contributed by atoms with van der Waals surface area (Å²) >= 11 is 1.29. The number of nitrogens with zero attached hydrogens (tertiary/aromatic N) is 3. The molecule has 2 heterocycles. The number of hydrogen-bond donors (Lipinski definition) is 2. The molecule has 1 aliphatic heterocycles. The smallest absolute Gasteiger partial charge is 0.408 e. The Bertz CT molecular complexity index is 1620. The van der Waals surface area contributed by atoms with Crippen LogP contribution in [0.4, 0.5) is 20.6 Å². The highest BCUT2D eigenvalue weighted by molar-refractivity contribution is 8.15. The fourth-order valence-electron chi connectivity index (χ4n) is 4.25. The van der Waals surface area contributed by atoms with E-state index < -0.39 is 23.3 Å². The summed E-state index contributed by atoms with van der Waals surface area (Å²) in [6.07, 6.45) is 2.53. The first-order valence-corrected chi connectivity index (χ1v) is 14.3. The van der Waals surface area contributed by atoms with Gasteiger partial charge in [0.05, 0.1) is 18.4 Å². The number of alkyl carbamates (subject to hydrolysis) is 1. The van der Waals surface area contributed by atoms with E-state index in [0.29, 0.717) is 27.7 Å². The number of carbonyl (C=O) groups is 3. The highest BCUT2D eigenvalue weighted by atomic mass is 32.2. The van der Waals surface area contributed by atoms with E-state index in [4.69, 9.17) is 4.74 Å². The number of thioether (sulfide) groups is 1. The number of nitrogens with one attached hydrogen (secondary N) is 2. The zero-order valence-electron chi connectivity index (χ0n) is 23.1. The van der Waals surface area contributed by atoms with E-state index in [1.165, 1.54) is 28.8 Å². The molecule has 1 aliphatic rings. The number of anilines is 1. The van der Waals surface area contributed by atoms with Crippen molar-refractivity contribution in [1.29, 1.82) is 0 Å². The molecule has 0 aliphatic carbocycles. The maximum Gasteiger partial charge on any atom is 0.408 e. The van der Waals surface area contributed by atoms with Crippen molar-refractivity contribution in [1.82, 2.24) is 15.2 Å². The van der Waals surface area contributed by atoms with Gasteiger partial charge in [0, 0.05) is 11.9 Å². The van der Waals surface area contributed by atoms with Gasteiger partial charge in [-0.3, -0.25) is 19.5 Å². The zero-order valence-corrected chi connectivity index (χ0v) is 24.0. The maximum atomic E-state index is 13.9. The minimum Gasteiger partial charge on any atom is -0.445 e. The fraction of sp³-hybridized carbons (Fsp3) is 0.156. The molecule has 1 saturated heterocycles. The van der Waals surface area contributed by atoms with Crippen molar-refractivity contribution < 1.29 is 23.5 Å². The van der Waals surface area contributed by atoms with Crippen LogP contribution in [0.5, 0.6) is 0 Å². The number of aromatic nitrogens is 1. The number of halogens is 1. The second-order valence-corrected chi connectivity index (χ2v) is 10.8. The molecule has 1 aromatic heterocycles. The van der Waals surface area contributed by atoms with Gasteiger partial charge < -0.3 is 15.4 Å². The topological polar surface area (TPSA) is 113 Å². The molecule has 0 bridgehead atoms. The third-order valence-electron chi connectivity index (χ3n) is 6.47. The van der Waals surface area contributed by atoms with Crippen LogP contribution in [0.2, 0.25) is 0 Å². The van der Waals surface area contributed by atoms with E-state index in [1.54, 1.807) is 67.8 Å². The van der Waals surface area contributed by atoms with Crippen molar-refractivity contribution in [2.75, 3.05) is 5.32 Å². The van der Waals surface area contributed by atoms with E-state index in [1.807, 2.05) is 30.3 Å². The van der Waals surface area contributed by atoms with Gasteiger partial charge in [0.2, 0.25) is 11.8 Å². The Morgan fingerprint density at radius 3 is 2.51 bits per heavy atom. The average Bonchev–Trinajstić information content (AvgIpc) is 3.31. The van der Waals surface area contributed by atoms with Gasteiger partial charge in [-0.05, 0) is 60.0 Å². The lowest BCUT2D eigenvalue weighted by atomic mass is 10.1. The van der Waals surface area contributed by atoms with Crippen molar-refractivity contribution in [2.45, 2.75) is 31.4 Å². The van der Waals surface area contributed by atoms with Crippen LogP contribution in [-0.4, -0.2) is 39.0 Å². The molecule has 5 rings (SSSR count). The van der Waals surface area contributed by atoms with Gasteiger partial charge in [0.1, 0.15) is 23.7 Å². The van der Waals surface area contributed by atoms with Gasteiger partial charge >= 0.3 is 6.09 Å². The van der Waals surface area contributed by atoms with Gasteiger partial charge in [0.15, 0.2) is 5.17 Å². The fourth-order valence-corrected chi connectivity index (χ4v) is 5.42. The highest BCUT2D eigenvalue weighted by Gasteiger charge is 2.39. The Hall–Kier alpha value is -5.03. The largest absolute Gasteiger partial charge is 0.445 e. The molecule has 9 nitrogen and oxygen atoms in total. The van der Waals surface area contributed by atoms with E-state index in [-0.39, 0.29) is 24.9 Å². The molecule has 2 atom stereocenters. The van der Waals surface area contributed by atoms with Gasteiger partial charge in [-0.2, -0.15) is 0 Å². The van der Waals surface area contributed by atoms with Gasteiger partial charge in [-0.25, -0.2) is 14.2 Å². The van der Waals surface area contributed by atoms with Crippen LogP contribution in [0.3, 0.4) is 0 Å². The summed E-state index contributed by atoms with van der Waals surface area (Å²) in [4.78, 5) is 48.7. The number of ether oxygens (including phenoxy) is 1. The average molecular weight is 598 g/mol.